The van der Waals surface area contributed by atoms with E-state index in [-0.39, 0.29) is 5.91 Å². The lowest BCUT2D eigenvalue weighted by Gasteiger charge is -2.35. The number of hydrogen-bond acceptors (Lipinski definition) is 2. The van der Waals surface area contributed by atoms with Crippen molar-refractivity contribution in [3.05, 3.63) is 29.8 Å². The number of benzene rings is 1. The molecule has 1 aliphatic heterocycles. The first kappa shape index (κ1) is 14.4. The molecule has 3 rings (SSSR count). The normalized spacial score (nSPS) is 19.6. The minimum Gasteiger partial charge on any atom is -0.371 e. The van der Waals surface area contributed by atoms with Crippen LogP contribution < -0.4 is 4.90 Å². The molecular formula is C18H26N2O. The van der Waals surface area contributed by atoms with Crippen LogP contribution in [0.2, 0.25) is 0 Å². The van der Waals surface area contributed by atoms with E-state index >= 15 is 0 Å². The Morgan fingerprint density at radius 2 is 1.71 bits per heavy atom. The van der Waals surface area contributed by atoms with Crippen molar-refractivity contribution in [1.82, 2.24) is 4.90 Å². The molecule has 0 bridgehead atoms. The second-order valence-corrected chi connectivity index (χ2v) is 6.48. The second kappa shape index (κ2) is 5.70. The van der Waals surface area contributed by atoms with Crippen LogP contribution in [0.4, 0.5) is 5.69 Å². The highest BCUT2D eigenvalue weighted by Gasteiger charge is 2.44. The molecule has 0 N–H and O–H groups in total. The fourth-order valence-corrected chi connectivity index (χ4v) is 3.51. The van der Waals surface area contributed by atoms with Crippen molar-refractivity contribution in [2.75, 3.05) is 31.1 Å². The van der Waals surface area contributed by atoms with Crippen LogP contribution >= 0.6 is 0 Å². The number of amides is 1. The summed E-state index contributed by atoms with van der Waals surface area (Å²) in [5.41, 5.74) is 2.67. The zero-order valence-corrected chi connectivity index (χ0v) is 13.3. The summed E-state index contributed by atoms with van der Waals surface area (Å²) in [7, 11) is 0. The zero-order valence-electron chi connectivity index (χ0n) is 13.3. The number of carbonyl (C=O) groups is 1. The van der Waals surface area contributed by atoms with Crippen molar-refractivity contribution in [1.29, 1.82) is 0 Å². The average Bonchev–Trinajstić information content (AvgIpc) is 3.28. The summed E-state index contributed by atoms with van der Waals surface area (Å²) in [5, 5.41) is 0. The van der Waals surface area contributed by atoms with E-state index in [0.29, 0.717) is 5.41 Å². The van der Waals surface area contributed by atoms with E-state index < -0.39 is 0 Å². The van der Waals surface area contributed by atoms with Gasteiger partial charge >= 0.3 is 0 Å². The summed E-state index contributed by atoms with van der Waals surface area (Å²) in [6, 6.07) is 8.13. The lowest BCUT2D eigenvalue weighted by molar-refractivity contribution is 0.0773. The van der Waals surface area contributed by atoms with E-state index in [0.717, 1.165) is 37.4 Å². The molecule has 1 heterocycles. The van der Waals surface area contributed by atoms with Crippen molar-refractivity contribution < 1.29 is 4.79 Å². The minimum atomic E-state index is 0.169. The molecule has 1 saturated heterocycles. The first-order valence-corrected chi connectivity index (χ1v) is 8.32. The summed E-state index contributed by atoms with van der Waals surface area (Å²) in [5.74, 6) is 0.169. The lowest BCUT2D eigenvalue weighted by Crippen LogP contribution is -2.37. The van der Waals surface area contributed by atoms with Gasteiger partial charge in [-0.15, -0.1) is 0 Å². The molecule has 0 radical (unpaired) electrons. The van der Waals surface area contributed by atoms with Gasteiger partial charge in [0.25, 0.3) is 5.91 Å². The number of nitrogens with zero attached hydrogens (tertiary/aromatic N) is 2. The third-order valence-corrected chi connectivity index (χ3v) is 5.31. The maximum atomic E-state index is 12.7. The molecule has 0 aromatic heterocycles. The summed E-state index contributed by atoms with van der Waals surface area (Å²) < 4.78 is 0. The first-order chi connectivity index (χ1) is 10.2. The van der Waals surface area contributed by atoms with Gasteiger partial charge in [0.1, 0.15) is 0 Å². The maximum absolute atomic E-state index is 12.7. The number of rotatable bonds is 4. The highest BCUT2D eigenvalue weighted by atomic mass is 16.2. The minimum absolute atomic E-state index is 0.169. The predicted molar refractivity (Wildman–Crippen MR) is 86.8 cm³/mol. The van der Waals surface area contributed by atoms with Crippen molar-refractivity contribution >= 4 is 11.6 Å². The van der Waals surface area contributed by atoms with E-state index in [1.807, 2.05) is 30.9 Å². The van der Waals surface area contributed by atoms with Crippen molar-refractivity contribution in [3.8, 4) is 0 Å². The largest absolute Gasteiger partial charge is 0.371 e. The molecule has 21 heavy (non-hydrogen) atoms. The number of para-hydroxylation sites is 1. The van der Waals surface area contributed by atoms with Gasteiger partial charge in [0, 0.05) is 31.9 Å². The SMILES string of the molecule is CCN(CC)C(=O)c1ccccc1N1CCC2(CC1)CC2. The number of anilines is 1. The number of hydrogen-bond donors (Lipinski definition) is 0. The van der Waals surface area contributed by atoms with Crippen LogP contribution in [0.25, 0.3) is 0 Å². The van der Waals surface area contributed by atoms with Gasteiger partial charge in [0.15, 0.2) is 0 Å². The Balaban J connectivity index is 1.80. The molecule has 0 unspecified atom stereocenters. The van der Waals surface area contributed by atoms with Crippen molar-refractivity contribution in [3.63, 3.8) is 0 Å². The Morgan fingerprint density at radius 3 is 2.29 bits per heavy atom. The molecule has 2 aliphatic rings. The predicted octanol–water partition coefficient (Wildman–Crippen LogP) is 3.55. The van der Waals surface area contributed by atoms with Crippen molar-refractivity contribution in [2.45, 2.75) is 39.5 Å². The van der Waals surface area contributed by atoms with E-state index in [1.165, 1.54) is 25.7 Å². The highest BCUT2D eigenvalue weighted by molar-refractivity contribution is 5.99. The molecule has 1 aromatic rings. The van der Waals surface area contributed by atoms with Gasteiger partial charge in [-0.05, 0) is 57.1 Å². The van der Waals surface area contributed by atoms with Crippen LogP contribution in [0.5, 0.6) is 0 Å². The van der Waals surface area contributed by atoms with Gasteiger partial charge in [-0.25, -0.2) is 0 Å². The molecule has 2 fully saturated rings. The van der Waals surface area contributed by atoms with Gasteiger partial charge in [0.2, 0.25) is 0 Å². The monoisotopic (exact) mass is 286 g/mol. The van der Waals surface area contributed by atoms with E-state index in [4.69, 9.17) is 0 Å². The molecule has 1 aliphatic carbocycles. The van der Waals surface area contributed by atoms with E-state index in [2.05, 4.69) is 17.0 Å². The first-order valence-electron chi connectivity index (χ1n) is 8.32. The fraction of sp³-hybridized carbons (Fsp3) is 0.611. The van der Waals surface area contributed by atoms with Crippen LogP contribution in [0.15, 0.2) is 24.3 Å². The molecule has 1 spiro atoms. The van der Waals surface area contributed by atoms with Gasteiger partial charge in [0.05, 0.1) is 5.56 Å². The Labute approximate surface area is 127 Å². The molecule has 1 amide bonds. The number of carbonyl (C=O) groups excluding carboxylic acids is 1. The summed E-state index contributed by atoms with van der Waals surface area (Å²) in [4.78, 5) is 17.0. The molecular weight excluding hydrogens is 260 g/mol. The van der Waals surface area contributed by atoms with Gasteiger partial charge in [-0.3, -0.25) is 4.79 Å². The van der Waals surface area contributed by atoms with Crippen LogP contribution in [0.1, 0.15) is 49.9 Å². The zero-order chi connectivity index (χ0) is 14.9. The van der Waals surface area contributed by atoms with Gasteiger partial charge in [-0.1, -0.05) is 12.1 Å². The molecule has 3 nitrogen and oxygen atoms in total. The Bertz CT molecular complexity index is 508. The Kier molecular flexibility index (Phi) is 3.92. The summed E-state index contributed by atoms with van der Waals surface area (Å²) in [6.45, 7) is 7.83. The Hall–Kier alpha value is -1.51. The number of piperidine rings is 1. The maximum Gasteiger partial charge on any atom is 0.255 e. The fourth-order valence-electron chi connectivity index (χ4n) is 3.51. The van der Waals surface area contributed by atoms with Crippen LogP contribution in [-0.2, 0) is 0 Å². The summed E-state index contributed by atoms with van der Waals surface area (Å²) >= 11 is 0. The van der Waals surface area contributed by atoms with E-state index in [1.54, 1.807) is 0 Å². The Morgan fingerprint density at radius 1 is 1.10 bits per heavy atom. The third kappa shape index (κ3) is 2.78. The van der Waals surface area contributed by atoms with Crippen LogP contribution in [-0.4, -0.2) is 37.0 Å². The van der Waals surface area contributed by atoms with Crippen molar-refractivity contribution in [2.24, 2.45) is 5.41 Å². The highest BCUT2D eigenvalue weighted by Crippen LogP contribution is 2.54. The average molecular weight is 286 g/mol. The topological polar surface area (TPSA) is 23.6 Å². The van der Waals surface area contributed by atoms with E-state index in [9.17, 15) is 4.79 Å². The van der Waals surface area contributed by atoms with Gasteiger partial charge < -0.3 is 9.80 Å². The molecule has 0 atom stereocenters. The van der Waals surface area contributed by atoms with Crippen LogP contribution in [0, 0.1) is 5.41 Å². The summed E-state index contributed by atoms with van der Waals surface area (Å²) in [6.07, 6.45) is 5.42. The molecule has 114 valence electrons. The lowest BCUT2D eigenvalue weighted by atomic mass is 9.93. The quantitative estimate of drug-likeness (QED) is 0.845. The van der Waals surface area contributed by atoms with Crippen LogP contribution in [0.3, 0.4) is 0 Å². The third-order valence-electron chi connectivity index (χ3n) is 5.31. The second-order valence-electron chi connectivity index (χ2n) is 6.48. The van der Waals surface area contributed by atoms with Gasteiger partial charge in [-0.2, -0.15) is 0 Å². The molecule has 3 heteroatoms. The molecule has 1 aromatic carbocycles. The molecule has 1 saturated carbocycles. The standard InChI is InChI=1S/C18H26N2O/c1-3-19(4-2)17(21)15-7-5-6-8-16(15)20-13-11-18(9-10-18)12-14-20/h5-8H,3-4,9-14H2,1-2H3. The smallest absolute Gasteiger partial charge is 0.255 e.